The second-order valence-electron chi connectivity index (χ2n) is 5.37. The van der Waals surface area contributed by atoms with E-state index in [1.54, 1.807) is 12.0 Å². The van der Waals surface area contributed by atoms with E-state index in [-0.39, 0.29) is 6.03 Å². The number of anilines is 1. The number of ether oxygens (including phenoxy) is 1. The van der Waals surface area contributed by atoms with Crippen molar-refractivity contribution >= 4 is 11.7 Å². The molecule has 1 heterocycles. The number of carbonyl (C=O) groups is 1. The van der Waals surface area contributed by atoms with Crippen molar-refractivity contribution in [3.05, 3.63) is 53.5 Å². The normalized spacial score (nSPS) is 10.6. The Kier molecular flexibility index (Phi) is 6.23. The second-order valence-corrected chi connectivity index (χ2v) is 5.37. The molecule has 0 saturated carbocycles. The highest BCUT2D eigenvalue weighted by atomic mass is 16.5. The maximum Gasteiger partial charge on any atom is 0.322 e. The number of furan rings is 1. The van der Waals surface area contributed by atoms with Gasteiger partial charge in [-0.2, -0.15) is 0 Å². The van der Waals surface area contributed by atoms with Gasteiger partial charge in [0.25, 0.3) is 0 Å². The van der Waals surface area contributed by atoms with Crippen LogP contribution in [0, 0.1) is 6.92 Å². The van der Waals surface area contributed by atoms with Crippen molar-refractivity contribution in [2.24, 2.45) is 0 Å². The molecule has 0 aliphatic rings. The van der Waals surface area contributed by atoms with Gasteiger partial charge in [-0.3, -0.25) is 0 Å². The SMILES string of the molecule is CCc1ccccc1NC(=O)N(CCOC)Cc1ccc(C)o1. The van der Waals surface area contributed by atoms with Gasteiger partial charge in [-0.15, -0.1) is 0 Å². The van der Waals surface area contributed by atoms with Crippen LogP contribution in [-0.4, -0.2) is 31.2 Å². The molecular weight excluding hydrogens is 292 g/mol. The van der Waals surface area contributed by atoms with Crippen LogP contribution in [0.4, 0.5) is 10.5 Å². The van der Waals surface area contributed by atoms with Crippen LogP contribution < -0.4 is 5.32 Å². The third-order valence-corrected chi connectivity index (χ3v) is 3.64. The van der Waals surface area contributed by atoms with Crippen LogP contribution >= 0.6 is 0 Å². The summed E-state index contributed by atoms with van der Waals surface area (Å²) < 4.78 is 10.7. The summed E-state index contributed by atoms with van der Waals surface area (Å²) in [7, 11) is 1.62. The van der Waals surface area contributed by atoms with Gasteiger partial charge in [0.15, 0.2) is 0 Å². The molecule has 0 radical (unpaired) electrons. The monoisotopic (exact) mass is 316 g/mol. The van der Waals surface area contributed by atoms with E-state index in [4.69, 9.17) is 9.15 Å². The van der Waals surface area contributed by atoms with Gasteiger partial charge in [-0.05, 0) is 37.1 Å². The van der Waals surface area contributed by atoms with Crippen LogP contribution in [0.5, 0.6) is 0 Å². The topological polar surface area (TPSA) is 54.7 Å². The molecule has 1 N–H and O–H groups in total. The van der Waals surface area contributed by atoms with Gasteiger partial charge in [0.1, 0.15) is 11.5 Å². The minimum absolute atomic E-state index is 0.156. The number of aryl methyl sites for hydroxylation is 2. The predicted molar refractivity (Wildman–Crippen MR) is 90.6 cm³/mol. The Morgan fingerprint density at radius 1 is 1.26 bits per heavy atom. The fourth-order valence-corrected chi connectivity index (χ4v) is 2.36. The molecule has 23 heavy (non-hydrogen) atoms. The summed E-state index contributed by atoms with van der Waals surface area (Å²) in [5.74, 6) is 1.60. The quantitative estimate of drug-likeness (QED) is 0.844. The minimum atomic E-state index is -0.156. The van der Waals surface area contributed by atoms with Crippen LogP contribution in [0.3, 0.4) is 0 Å². The number of para-hydroxylation sites is 1. The first-order valence-corrected chi connectivity index (χ1v) is 7.82. The van der Waals surface area contributed by atoms with Gasteiger partial charge in [0, 0.05) is 19.3 Å². The summed E-state index contributed by atoms with van der Waals surface area (Å²) in [6.45, 7) is 5.34. The number of hydrogen-bond donors (Lipinski definition) is 1. The molecule has 5 heteroatoms. The maximum absolute atomic E-state index is 12.6. The largest absolute Gasteiger partial charge is 0.464 e. The van der Waals surface area contributed by atoms with Crippen LogP contribution in [0.25, 0.3) is 0 Å². The first-order chi connectivity index (χ1) is 11.1. The maximum atomic E-state index is 12.6. The molecule has 0 aliphatic carbocycles. The number of hydrogen-bond acceptors (Lipinski definition) is 3. The second kappa shape index (κ2) is 8.39. The van der Waals surface area contributed by atoms with Gasteiger partial charge in [0.2, 0.25) is 0 Å². The molecule has 2 amide bonds. The molecule has 1 aromatic heterocycles. The van der Waals surface area contributed by atoms with E-state index in [9.17, 15) is 4.79 Å². The fourth-order valence-electron chi connectivity index (χ4n) is 2.36. The highest BCUT2D eigenvalue weighted by molar-refractivity contribution is 5.90. The summed E-state index contributed by atoms with van der Waals surface area (Å²) in [5, 5.41) is 2.99. The molecular formula is C18H24N2O3. The predicted octanol–water partition coefficient (Wildman–Crippen LogP) is 3.83. The Morgan fingerprint density at radius 2 is 2.04 bits per heavy atom. The molecule has 124 valence electrons. The molecule has 0 saturated heterocycles. The lowest BCUT2D eigenvalue weighted by molar-refractivity contribution is 0.149. The Morgan fingerprint density at radius 3 is 2.70 bits per heavy atom. The van der Waals surface area contributed by atoms with Crippen LogP contribution in [0.15, 0.2) is 40.8 Å². The summed E-state index contributed by atoms with van der Waals surface area (Å²) in [4.78, 5) is 14.3. The zero-order valence-electron chi connectivity index (χ0n) is 14.0. The molecule has 2 rings (SSSR count). The highest BCUT2D eigenvalue weighted by Crippen LogP contribution is 2.17. The summed E-state index contributed by atoms with van der Waals surface area (Å²) in [5.41, 5.74) is 1.96. The number of nitrogens with zero attached hydrogens (tertiary/aromatic N) is 1. The van der Waals surface area contributed by atoms with Crippen molar-refractivity contribution in [1.29, 1.82) is 0 Å². The molecule has 0 spiro atoms. The molecule has 0 unspecified atom stereocenters. The fraction of sp³-hybridized carbons (Fsp3) is 0.389. The van der Waals surface area contributed by atoms with E-state index >= 15 is 0 Å². The molecule has 0 atom stereocenters. The van der Waals surface area contributed by atoms with Gasteiger partial charge < -0.3 is 19.4 Å². The zero-order valence-corrected chi connectivity index (χ0v) is 14.0. The summed E-state index contributed by atoms with van der Waals surface area (Å²) in [6.07, 6.45) is 0.867. The number of rotatable bonds is 7. The summed E-state index contributed by atoms with van der Waals surface area (Å²) in [6, 6.07) is 11.5. The lowest BCUT2D eigenvalue weighted by atomic mass is 10.1. The smallest absolute Gasteiger partial charge is 0.322 e. The lowest BCUT2D eigenvalue weighted by Crippen LogP contribution is -2.37. The van der Waals surface area contributed by atoms with E-state index in [1.807, 2.05) is 43.3 Å². The number of amides is 2. The third kappa shape index (κ3) is 4.86. The standard InChI is InChI=1S/C18H24N2O3/c1-4-15-7-5-6-8-17(15)19-18(21)20(11-12-22-3)13-16-10-9-14(2)23-16/h5-10H,4,11-13H2,1-3H3,(H,19,21). The Labute approximate surface area is 137 Å². The molecule has 0 bridgehead atoms. The van der Waals surface area contributed by atoms with Gasteiger partial charge >= 0.3 is 6.03 Å². The average molecular weight is 316 g/mol. The van der Waals surface area contributed by atoms with E-state index in [1.165, 1.54) is 0 Å². The van der Waals surface area contributed by atoms with Crippen LogP contribution in [-0.2, 0) is 17.7 Å². The molecule has 5 nitrogen and oxygen atoms in total. The number of benzene rings is 1. The number of methoxy groups -OCH3 is 1. The average Bonchev–Trinajstić information content (AvgIpc) is 2.97. The molecule has 0 aliphatic heterocycles. The first-order valence-electron chi connectivity index (χ1n) is 7.82. The highest BCUT2D eigenvalue weighted by Gasteiger charge is 2.16. The number of urea groups is 1. The summed E-state index contributed by atoms with van der Waals surface area (Å²) >= 11 is 0. The van der Waals surface area contributed by atoms with Crippen molar-refractivity contribution in [1.82, 2.24) is 4.90 Å². The van der Waals surface area contributed by atoms with Crippen LogP contribution in [0.2, 0.25) is 0 Å². The zero-order chi connectivity index (χ0) is 16.7. The van der Waals surface area contributed by atoms with Gasteiger partial charge in [-0.25, -0.2) is 4.79 Å². The van der Waals surface area contributed by atoms with Crippen molar-refractivity contribution < 1.29 is 13.9 Å². The van der Waals surface area contributed by atoms with E-state index < -0.39 is 0 Å². The van der Waals surface area contributed by atoms with E-state index in [0.717, 1.165) is 29.2 Å². The number of carbonyl (C=O) groups excluding carboxylic acids is 1. The van der Waals surface area contributed by atoms with Gasteiger partial charge in [-0.1, -0.05) is 25.1 Å². The van der Waals surface area contributed by atoms with Crippen LogP contribution in [0.1, 0.15) is 24.0 Å². The Balaban J connectivity index is 2.09. The van der Waals surface area contributed by atoms with E-state index in [2.05, 4.69) is 12.2 Å². The Bertz CT molecular complexity index is 637. The van der Waals surface area contributed by atoms with Crippen molar-refractivity contribution in [2.75, 3.05) is 25.6 Å². The lowest BCUT2D eigenvalue weighted by Gasteiger charge is -2.22. The van der Waals surface area contributed by atoms with Crippen molar-refractivity contribution in [3.63, 3.8) is 0 Å². The van der Waals surface area contributed by atoms with E-state index in [0.29, 0.717) is 19.7 Å². The first kappa shape index (κ1) is 17.1. The molecule has 1 aromatic carbocycles. The van der Waals surface area contributed by atoms with Gasteiger partial charge in [0.05, 0.1) is 13.2 Å². The molecule has 2 aromatic rings. The number of nitrogens with one attached hydrogen (secondary N) is 1. The minimum Gasteiger partial charge on any atom is -0.464 e. The van der Waals surface area contributed by atoms with Crippen molar-refractivity contribution in [3.8, 4) is 0 Å². The molecule has 0 fully saturated rings. The van der Waals surface area contributed by atoms with Crippen molar-refractivity contribution in [2.45, 2.75) is 26.8 Å². The Hall–Kier alpha value is -2.27. The third-order valence-electron chi connectivity index (χ3n) is 3.64.